The van der Waals surface area contributed by atoms with Crippen molar-refractivity contribution in [2.45, 2.75) is 26.7 Å². The Labute approximate surface area is 174 Å². The van der Waals surface area contributed by atoms with Gasteiger partial charge in [0.1, 0.15) is 5.57 Å². The highest BCUT2D eigenvalue weighted by molar-refractivity contribution is 6.39. The number of carboxylic acids is 1. The molecule has 2 aliphatic rings. The Bertz CT molecular complexity index is 907. The van der Waals surface area contributed by atoms with E-state index in [0.29, 0.717) is 21.7 Å². The first-order chi connectivity index (χ1) is 13.2. The molecule has 7 heteroatoms. The van der Waals surface area contributed by atoms with Gasteiger partial charge in [0.25, 0.3) is 5.91 Å². The summed E-state index contributed by atoms with van der Waals surface area (Å²) in [5.74, 6) is -1.15. The van der Waals surface area contributed by atoms with Gasteiger partial charge in [-0.05, 0) is 66.5 Å². The Balaban J connectivity index is 1.83. The van der Waals surface area contributed by atoms with Crippen molar-refractivity contribution >= 4 is 46.3 Å². The third-order valence-corrected chi connectivity index (χ3v) is 5.82. The number of aliphatic carboxylic acids is 1. The van der Waals surface area contributed by atoms with Crippen LogP contribution in [0.25, 0.3) is 5.57 Å². The van der Waals surface area contributed by atoms with Crippen molar-refractivity contribution in [1.82, 2.24) is 4.90 Å². The molecule has 1 aromatic carbocycles. The monoisotopic (exact) mass is 420 g/mol. The fourth-order valence-corrected chi connectivity index (χ4v) is 3.82. The highest BCUT2D eigenvalue weighted by Crippen LogP contribution is 2.38. The van der Waals surface area contributed by atoms with Crippen molar-refractivity contribution in [3.63, 3.8) is 0 Å². The maximum absolute atomic E-state index is 12.8. The summed E-state index contributed by atoms with van der Waals surface area (Å²) < 4.78 is 0. The van der Waals surface area contributed by atoms with Gasteiger partial charge in [-0.15, -0.1) is 0 Å². The van der Waals surface area contributed by atoms with E-state index in [2.05, 4.69) is 0 Å². The van der Waals surface area contributed by atoms with Gasteiger partial charge in [0.15, 0.2) is 0 Å². The molecule has 1 fully saturated rings. The zero-order chi connectivity index (χ0) is 20.6. The minimum absolute atomic E-state index is 0.0788. The number of rotatable bonds is 5. The lowest BCUT2D eigenvalue weighted by Gasteiger charge is -2.25. The summed E-state index contributed by atoms with van der Waals surface area (Å²) >= 11 is 12.3. The maximum atomic E-state index is 12.8. The molecule has 0 spiro atoms. The lowest BCUT2D eigenvalue weighted by atomic mass is 9.97. The third kappa shape index (κ3) is 4.26. The Morgan fingerprint density at radius 2 is 1.89 bits per heavy atom. The van der Waals surface area contributed by atoms with Gasteiger partial charge in [0.2, 0.25) is 0 Å². The molecule has 1 aliphatic carbocycles. The molecule has 5 nitrogen and oxygen atoms in total. The lowest BCUT2D eigenvalue weighted by molar-refractivity contribution is -0.136. The molecular weight excluding hydrogens is 399 g/mol. The molecule has 0 aromatic heterocycles. The number of carbonyl (C=O) groups is 2. The number of nitrogen functional groups attached to an aromatic ring is 1. The van der Waals surface area contributed by atoms with Crippen molar-refractivity contribution in [2.75, 3.05) is 12.3 Å². The van der Waals surface area contributed by atoms with Gasteiger partial charge in [-0.3, -0.25) is 4.79 Å². The molecule has 1 saturated carbocycles. The van der Waals surface area contributed by atoms with Crippen LogP contribution in [0.3, 0.4) is 0 Å². The Morgan fingerprint density at radius 3 is 2.39 bits per heavy atom. The number of benzene rings is 1. The van der Waals surface area contributed by atoms with E-state index in [-0.39, 0.29) is 18.0 Å². The molecule has 1 aliphatic heterocycles. The van der Waals surface area contributed by atoms with Crippen LogP contribution in [0.1, 0.15) is 32.3 Å². The lowest BCUT2D eigenvalue weighted by Crippen LogP contribution is -2.33. The number of hydrogen-bond acceptors (Lipinski definition) is 3. The minimum Gasteiger partial charge on any atom is -0.478 e. The first-order valence-corrected chi connectivity index (χ1v) is 9.83. The molecule has 3 N–H and O–H groups in total. The van der Waals surface area contributed by atoms with Crippen LogP contribution in [0.2, 0.25) is 10.0 Å². The summed E-state index contributed by atoms with van der Waals surface area (Å²) in [5, 5.41) is 10.2. The van der Waals surface area contributed by atoms with Crippen molar-refractivity contribution in [3.05, 3.63) is 57.2 Å². The van der Waals surface area contributed by atoms with Crippen LogP contribution in [-0.4, -0.2) is 28.4 Å². The van der Waals surface area contributed by atoms with Gasteiger partial charge in [-0.2, -0.15) is 0 Å². The number of carbonyl (C=O) groups excluding carboxylic acids is 1. The van der Waals surface area contributed by atoms with Gasteiger partial charge < -0.3 is 15.7 Å². The first-order valence-electron chi connectivity index (χ1n) is 9.08. The molecule has 1 amide bonds. The highest BCUT2D eigenvalue weighted by Gasteiger charge is 2.30. The van der Waals surface area contributed by atoms with Crippen LogP contribution in [0.5, 0.6) is 0 Å². The van der Waals surface area contributed by atoms with Crippen molar-refractivity contribution in [2.24, 2.45) is 11.8 Å². The van der Waals surface area contributed by atoms with Crippen LogP contribution < -0.4 is 5.73 Å². The summed E-state index contributed by atoms with van der Waals surface area (Å²) in [6, 6.07) is 3.45. The van der Waals surface area contributed by atoms with E-state index in [1.54, 1.807) is 30.5 Å². The number of carboxylic acid groups (broad SMARTS) is 1. The summed E-state index contributed by atoms with van der Waals surface area (Å²) in [4.78, 5) is 25.9. The zero-order valence-electron chi connectivity index (χ0n) is 15.7. The van der Waals surface area contributed by atoms with Gasteiger partial charge in [0.05, 0.1) is 15.7 Å². The second kappa shape index (κ2) is 8.02. The zero-order valence-corrected chi connectivity index (χ0v) is 17.2. The molecule has 0 bridgehead atoms. The molecule has 3 rings (SSSR count). The molecule has 1 atom stereocenters. The average Bonchev–Trinajstić information content (AvgIpc) is 3.48. The quantitative estimate of drug-likeness (QED) is 0.311. The van der Waals surface area contributed by atoms with E-state index in [1.165, 1.54) is 4.90 Å². The number of hydrogen-bond donors (Lipinski definition) is 2. The molecular formula is C21H22Cl2N2O3. The summed E-state index contributed by atoms with van der Waals surface area (Å²) in [6.45, 7) is 4.12. The highest BCUT2D eigenvalue weighted by atomic mass is 35.5. The number of anilines is 1. The predicted octanol–water partition coefficient (Wildman–Crippen LogP) is 4.76. The van der Waals surface area contributed by atoms with Crippen molar-refractivity contribution < 1.29 is 14.7 Å². The Kier molecular flexibility index (Phi) is 5.87. The van der Waals surface area contributed by atoms with Crippen LogP contribution in [0, 0.1) is 11.8 Å². The van der Waals surface area contributed by atoms with Crippen molar-refractivity contribution in [3.8, 4) is 0 Å². The molecule has 1 aromatic rings. The molecule has 1 heterocycles. The Morgan fingerprint density at radius 1 is 1.29 bits per heavy atom. The van der Waals surface area contributed by atoms with E-state index >= 15 is 0 Å². The predicted molar refractivity (Wildman–Crippen MR) is 112 cm³/mol. The first kappa shape index (κ1) is 20.5. The Hall–Kier alpha value is -2.24. The van der Waals surface area contributed by atoms with Crippen LogP contribution in [0.15, 0.2) is 41.6 Å². The van der Waals surface area contributed by atoms with Gasteiger partial charge >= 0.3 is 5.97 Å². The fraction of sp³-hybridized carbons (Fsp3) is 0.333. The van der Waals surface area contributed by atoms with E-state index in [0.717, 1.165) is 29.6 Å². The molecule has 1 unspecified atom stereocenters. The average molecular weight is 421 g/mol. The third-order valence-electron chi connectivity index (χ3n) is 5.20. The smallest absolute Gasteiger partial charge is 0.341 e. The minimum atomic E-state index is -1.20. The molecule has 148 valence electrons. The summed E-state index contributed by atoms with van der Waals surface area (Å²) in [6.07, 6.45) is 7.12. The summed E-state index contributed by atoms with van der Waals surface area (Å²) in [7, 11) is 0. The molecule has 28 heavy (non-hydrogen) atoms. The summed E-state index contributed by atoms with van der Waals surface area (Å²) in [5.41, 5.74) is 8.50. The number of nitrogens with two attached hydrogens (primary N) is 1. The normalized spacial score (nSPS) is 18.4. The maximum Gasteiger partial charge on any atom is 0.341 e. The molecule has 0 radical (unpaired) electrons. The largest absolute Gasteiger partial charge is 0.478 e. The van der Waals surface area contributed by atoms with E-state index in [1.807, 2.05) is 13.8 Å². The van der Waals surface area contributed by atoms with Crippen molar-refractivity contribution in [1.29, 1.82) is 0 Å². The number of allylic oxidation sites excluding steroid dienone is 3. The van der Waals surface area contributed by atoms with Crippen LogP contribution in [0.4, 0.5) is 5.69 Å². The van der Waals surface area contributed by atoms with Gasteiger partial charge in [0, 0.05) is 12.7 Å². The van der Waals surface area contributed by atoms with E-state index < -0.39 is 11.9 Å². The van der Waals surface area contributed by atoms with E-state index in [4.69, 9.17) is 28.9 Å². The standard InChI is InChI=1S/C21H22Cl2N2O3/c1-11(13-3-4-13)7-16(21(27)28)20(26)25-6-5-15(12(2)10-25)14-8-17(22)19(24)18(23)9-14/h5-9,11,13H,3-4,10,24H2,1-2H3,(H,27,28)/b16-7+. The molecule has 0 saturated heterocycles. The second-order valence-corrected chi connectivity index (χ2v) is 8.19. The number of amides is 1. The topological polar surface area (TPSA) is 83.6 Å². The fourth-order valence-electron chi connectivity index (χ4n) is 3.33. The number of halogens is 2. The second-order valence-electron chi connectivity index (χ2n) is 7.38. The SMILES string of the molecule is CC1=C(c2cc(Cl)c(N)c(Cl)c2)C=CN(C(=O)/C(=C\C(C)C2CC2)C(=O)O)C1. The van der Waals surface area contributed by atoms with Gasteiger partial charge in [-0.25, -0.2) is 4.79 Å². The van der Waals surface area contributed by atoms with E-state index in [9.17, 15) is 14.7 Å². The van der Waals surface area contributed by atoms with Crippen LogP contribution in [-0.2, 0) is 9.59 Å². The van der Waals surface area contributed by atoms with Gasteiger partial charge in [-0.1, -0.05) is 36.2 Å². The number of nitrogens with zero attached hydrogens (tertiary/aromatic N) is 1. The van der Waals surface area contributed by atoms with Crippen LogP contribution >= 0.6 is 23.2 Å².